The van der Waals surface area contributed by atoms with E-state index in [-0.39, 0.29) is 6.10 Å². The quantitative estimate of drug-likeness (QED) is 0.361. The summed E-state index contributed by atoms with van der Waals surface area (Å²) in [7, 11) is 2.97. The van der Waals surface area contributed by atoms with Gasteiger partial charge in [-0.05, 0) is 20.3 Å². The van der Waals surface area contributed by atoms with Crippen molar-refractivity contribution in [1.82, 2.24) is 0 Å². The summed E-state index contributed by atoms with van der Waals surface area (Å²) in [5.41, 5.74) is 0. The molecule has 0 spiro atoms. The van der Waals surface area contributed by atoms with Crippen LogP contribution in [0, 0.1) is 5.92 Å². The van der Waals surface area contributed by atoms with Crippen LogP contribution < -0.4 is 0 Å². The molecular formula is C13H24O6. The maximum Gasteiger partial charge on any atom is 0.322 e. The Balaban J connectivity index is 4.27. The van der Waals surface area contributed by atoms with Crippen LogP contribution in [-0.4, -0.2) is 45.2 Å². The second-order valence-electron chi connectivity index (χ2n) is 4.26. The van der Waals surface area contributed by atoms with Crippen LogP contribution in [0.1, 0.15) is 33.6 Å². The maximum absolute atomic E-state index is 11.7. The van der Waals surface area contributed by atoms with Crippen LogP contribution in [0.3, 0.4) is 0 Å². The highest BCUT2D eigenvalue weighted by atomic mass is 16.7. The molecule has 0 amide bonds. The fourth-order valence-corrected chi connectivity index (χ4v) is 1.15. The lowest BCUT2D eigenvalue weighted by atomic mass is 10.2. The number of hydrogen-bond donors (Lipinski definition) is 0. The Morgan fingerprint density at radius 3 is 2.11 bits per heavy atom. The Bertz CT molecular complexity index is 278. The fourth-order valence-electron chi connectivity index (χ4n) is 1.15. The van der Waals surface area contributed by atoms with Crippen molar-refractivity contribution >= 4 is 11.9 Å². The Morgan fingerprint density at radius 2 is 1.63 bits per heavy atom. The first-order valence-corrected chi connectivity index (χ1v) is 6.38. The van der Waals surface area contributed by atoms with Gasteiger partial charge in [0, 0.05) is 20.6 Å². The van der Waals surface area contributed by atoms with Gasteiger partial charge in [0.2, 0.25) is 6.29 Å². The average Bonchev–Trinajstić information content (AvgIpc) is 2.41. The Morgan fingerprint density at radius 1 is 1.05 bits per heavy atom. The van der Waals surface area contributed by atoms with E-state index in [4.69, 9.17) is 18.9 Å². The molecular weight excluding hydrogens is 252 g/mol. The molecule has 6 nitrogen and oxygen atoms in total. The molecule has 0 heterocycles. The number of ether oxygens (including phenoxy) is 4. The summed E-state index contributed by atoms with van der Waals surface area (Å²) in [5, 5.41) is 0. The van der Waals surface area contributed by atoms with Gasteiger partial charge in [-0.15, -0.1) is 0 Å². The summed E-state index contributed by atoms with van der Waals surface area (Å²) in [6.45, 7) is 5.52. The second-order valence-corrected chi connectivity index (χ2v) is 4.26. The minimum Gasteiger partial charge on any atom is -0.462 e. The minimum atomic E-state index is -0.964. The summed E-state index contributed by atoms with van der Waals surface area (Å²) in [6, 6.07) is 0. The lowest BCUT2D eigenvalue weighted by Gasteiger charge is -2.19. The Hall–Kier alpha value is -1.14. The summed E-state index contributed by atoms with van der Waals surface area (Å²) >= 11 is 0. The lowest BCUT2D eigenvalue weighted by molar-refractivity contribution is -0.185. The zero-order valence-corrected chi connectivity index (χ0v) is 12.3. The topological polar surface area (TPSA) is 71.1 Å². The molecule has 3 atom stereocenters. The van der Waals surface area contributed by atoms with Crippen LogP contribution in [0.4, 0.5) is 0 Å². The number of esters is 2. The zero-order valence-electron chi connectivity index (χ0n) is 12.3. The van der Waals surface area contributed by atoms with Crippen LogP contribution in [0.25, 0.3) is 0 Å². The fraction of sp³-hybridized carbons (Fsp3) is 0.846. The number of rotatable bonds is 9. The third-order valence-electron chi connectivity index (χ3n) is 2.67. The number of hydrogen-bond acceptors (Lipinski definition) is 6. The maximum atomic E-state index is 11.7. The molecule has 0 radical (unpaired) electrons. The normalized spacial score (nSPS) is 15.4. The predicted molar refractivity (Wildman–Crippen MR) is 68.4 cm³/mol. The van der Waals surface area contributed by atoms with E-state index in [1.807, 2.05) is 6.92 Å². The zero-order chi connectivity index (χ0) is 14.8. The third kappa shape index (κ3) is 7.12. The predicted octanol–water partition coefficient (Wildman–Crippen LogP) is 1.52. The molecule has 0 saturated carbocycles. The number of carbonyl (C=O) groups excluding carboxylic acids is 2. The van der Waals surface area contributed by atoms with Crippen molar-refractivity contribution in [3.05, 3.63) is 0 Å². The van der Waals surface area contributed by atoms with Crippen LogP contribution in [0.15, 0.2) is 0 Å². The SMILES string of the molecule is CCC(C)OC(=O)C(C)C(=O)OC(CCOC)OC. The molecule has 0 saturated heterocycles. The standard InChI is InChI=1S/C13H24O6/c1-6-9(2)18-12(14)10(3)13(15)19-11(17-5)7-8-16-4/h9-11H,6-8H2,1-5H3. The van der Waals surface area contributed by atoms with Gasteiger partial charge in [0.1, 0.15) is 0 Å². The van der Waals surface area contributed by atoms with E-state index in [2.05, 4.69) is 0 Å². The van der Waals surface area contributed by atoms with Gasteiger partial charge < -0.3 is 18.9 Å². The molecule has 0 N–H and O–H groups in total. The van der Waals surface area contributed by atoms with Crippen molar-refractivity contribution in [2.75, 3.05) is 20.8 Å². The van der Waals surface area contributed by atoms with E-state index in [1.54, 1.807) is 14.0 Å². The first-order valence-electron chi connectivity index (χ1n) is 6.38. The first kappa shape index (κ1) is 17.9. The molecule has 0 aliphatic heterocycles. The molecule has 0 aromatic rings. The van der Waals surface area contributed by atoms with Crippen LogP contribution in [0.2, 0.25) is 0 Å². The summed E-state index contributed by atoms with van der Waals surface area (Å²) in [4.78, 5) is 23.4. The Labute approximate surface area is 114 Å². The summed E-state index contributed by atoms with van der Waals surface area (Å²) in [6.07, 6.45) is 0.175. The highest BCUT2D eigenvalue weighted by Gasteiger charge is 2.28. The largest absolute Gasteiger partial charge is 0.462 e. The minimum absolute atomic E-state index is 0.213. The van der Waals surface area contributed by atoms with Crippen LogP contribution in [0.5, 0.6) is 0 Å². The molecule has 19 heavy (non-hydrogen) atoms. The number of carbonyl (C=O) groups is 2. The van der Waals surface area contributed by atoms with Crippen molar-refractivity contribution in [2.45, 2.75) is 46.0 Å². The van der Waals surface area contributed by atoms with Crippen LogP contribution in [-0.2, 0) is 28.5 Å². The average molecular weight is 276 g/mol. The van der Waals surface area contributed by atoms with Crippen molar-refractivity contribution in [1.29, 1.82) is 0 Å². The lowest BCUT2D eigenvalue weighted by Crippen LogP contribution is -2.31. The molecule has 0 bridgehead atoms. The molecule has 0 aromatic heterocycles. The van der Waals surface area contributed by atoms with Crippen LogP contribution >= 0.6 is 0 Å². The van der Waals surface area contributed by atoms with E-state index in [9.17, 15) is 9.59 Å². The first-order chi connectivity index (χ1) is 8.96. The second kappa shape index (κ2) is 9.75. The molecule has 0 aliphatic rings. The van der Waals surface area contributed by atoms with Crippen molar-refractivity contribution in [3.63, 3.8) is 0 Å². The molecule has 6 heteroatoms. The highest BCUT2D eigenvalue weighted by Crippen LogP contribution is 2.09. The molecule has 0 aromatic carbocycles. The molecule has 0 fully saturated rings. The van der Waals surface area contributed by atoms with Crippen molar-refractivity contribution < 1.29 is 28.5 Å². The van der Waals surface area contributed by atoms with Crippen molar-refractivity contribution in [3.8, 4) is 0 Å². The Kier molecular flexibility index (Phi) is 9.16. The highest BCUT2D eigenvalue weighted by molar-refractivity contribution is 5.94. The summed E-state index contributed by atoms with van der Waals surface area (Å²) < 4.78 is 20.0. The van der Waals surface area contributed by atoms with E-state index in [1.165, 1.54) is 14.0 Å². The molecule has 112 valence electrons. The molecule has 0 rings (SSSR count). The van der Waals surface area contributed by atoms with E-state index in [0.29, 0.717) is 19.4 Å². The van der Waals surface area contributed by atoms with Gasteiger partial charge in [-0.1, -0.05) is 6.92 Å². The van der Waals surface area contributed by atoms with Gasteiger partial charge in [0.25, 0.3) is 0 Å². The van der Waals surface area contributed by atoms with Gasteiger partial charge in [0.15, 0.2) is 5.92 Å². The third-order valence-corrected chi connectivity index (χ3v) is 2.67. The van der Waals surface area contributed by atoms with E-state index >= 15 is 0 Å². The van der Waals surface area contributed by atoms with E-state index < -0.39 is 24.1 Å². The number of methoxy groups -OCH3 is 2. The van der Waals surface area contributed by atoms with Gasteiger partial charge >= 0.3 is 11.9 Å². The monoisotopic (exact) mass is 276 g/mol. The van der Waals surface area contributed by atoms with Crippen molar-refractivity contribution in [2.24, 2.45) is 5.92 Å². The van der Waals surface area contributed by atoms with Gasteiger partial charge in [-0.2, -0.15) is 0 Å². The smallest absolute Gasteiger partial charge is 0.322 e. The summed E-state index contributed by atoms with van der Waals surface area (Å²) in [5.74, 6) is -2.20. The molecule has 0 aliphatic carbocycles. The van der Waals surface area contributed by atoms with Gasteiger partial charge in [-0.3, -0.25) is 9.59 Å². The van der Waals surface area contributed by atoms with Gasteiger partial charge in [-0.25, -0.2) is 0 Å². The molecule has 3 unspecified atom stereocenters. The van der Waals surface area contributed by atoms with Gasteiger partial charge in [0.05, 0.1) is 12.7 Å². The van der Waals surface area contributed by atoms with E-state index in [0.717, 1.165) is 0 Å².